The molecular weight excluding hydrogens is 434 g/mol. The van der Waals surface area contributed by atoms with Crippen molar-refractivity contribution in [1.82, 2.24) is 25.3 Å². The summed E-state index contributed by atoms with van der Waals surface area (Å²) >= 11 is 5.95. The van der Waals surface area contributed by atoms with Crippen LogP contribution in [0.2, 0.25) is 5.02 Å². The van der Waals surface area contributed by atoms with Crippen molar-refractivity contribution < 1.29 is 4.79 Å². The molecule has 5 aromatic rings. The van der Waals surface area contributed by atoms with Crippen molar-refractivity contribution in [3.05, 3.63) is 113 Å². The number of hydrogen-bond donors (Lipinski definition) is 2. The number of carbonyl (C=O) groups is 1. The second-order valence-electron chi connectivity index (χ2n) is 7.51. The van der Waals surface area contributed by atoms with Crippen LogP contribution < -0.4 is 5.32 Å². The van der Waals surface area contributed by atoms with Gasteiger partial charge in [-0.25, -0.2) is 4.68 Å². The topological polar surface area (TPSA) is 75.6 Å². The number of aromatic amines is 1. The number of halogens is 1. The van der Waals surface area contributed by atoms with Crippen LogP contribution in [-0.4, -0.2) is 25.9 Å². The number of H-pyrrole nitrogens is 1. The number of hydrogen-bond acceptors (Lipinski definition) is 3. The number of para-hydroxylation sites is 1. The predicted octanol–water partition coefficient (Wildman–Crippen LogP) is 5.51. The minimum atomic E-state index is -0.241. The fraction of sp³-hybridized carbons (Fsp3) is 0.0385. The van der Waals surface area contributed by atoms with Gasteiger partial charge >= 0.3 is 0 Å². The van der Waals surface area contributed by atoms with E-state index in [1.165, 1.54) is 0 Å². The smallest absolute Gasteiger partial charge is 0.269 e. The molecule has 2 N–H and O–H groups in total. The Kier molecular flexibility index (Phi) is 5.74. The Balaban J connectivity index is 1.37. The molecule has 0 aliphatic heterocycles. The maximum Gasteiger partial charge on any atom is 0.269 e. The second kappa shape index (κ2) is 9.14. The molecule has 0 atom stereocenters. The number of aromatic nitrogens is 4. The summed E-state index contributed by atoms with van der Waals surface area (Å²) in [6.45, 7) is 0.325. The zero-order valence-corrected chi connectivity index (χ0v) is 18.3. The van der Waals surface area contributed by atoms with Crippen LogP contribution in [0.4, 0.5) is 0 Å². The fourth-order valence-electron chi connectivity index (χ4n) is 3.57. The molecule has 6 nitrogen and oxygen atoms in total. The summed E-state index contributed by atoms with van der Waals surface area (Å²) in [5, 5.41) is 15.5. The van der Waals surface area contributed by atoms with Crippen LogP contribution in [0.15, 0.2) is 97.2 Å². The lowest BCUT2D eigenvalue weighted by atomic mass is 10.1. The van der Waals surface area contributed by atoms with Gasteiger partial charge in [-0.15, -0.1) is 0 Å². The number of nitrogens with zero attached hydrogens (tertiary/aromatic N) is 3. The molecule has 0 spiro atoms. The van der Waals surface area contributed by atoms with E-state index in [9.17, 15) is 4.79 Å². The molecule has 2 heterocycles. The Morgan fingerprint density at radius 2 is 1.61 bits per heavy atom. The van der Waals surface area contributed by atoms with Crippen LogP contribution in [0.3, 0.4) is 0 Å². The first-order valence-electron chi connectivity index (χ1n) is 10.5. The first-order valence-corrected chi connectivity index (χ1v) is 10.8. The maximum atomic E-state index is 12.8. The van der Waals surface area contributed by atoms with Crippen LogP contribution in [-0.2, 0) is 6.54 Å². The molecule has 2 aromatic heterocycles. The summed E-state index contributed by atoms with van der Waals surface area (Å²) < 4.78 is 1.83. The van der Waals surface area contributed by atoms with Gasteiger partial charge in [-0.1, -0.05) is 72.3 Å². The van der Waals surface area contributed by atoms with E-state index in [0.717, 1.165) is 28.1 Å². The quantitative estimate of drug-likeness (QED) is 0.356. The molecule has 0 aliphatic rings. The van der Waals surface area contributed by atoms with Gasteiger partial charge in [0.1, 0.15) is 5.69 Å². The highest BCUT2D eigenvalue weighted by atomic mass is 35.5. The van der Waals surface area contributed by atoms with Gasteiger partial charge in [-0.2, -0.15) is 10.2 Å². The van der Waals surface area contributed by atoms with Gasteiger partial charge in [-0.05, 0) is 30.3 Å². The zero-order chi connectivity index (χ0) is 22.6. The normalized spacial score (nSPS) is 10.8. The predicted molar refractivity (Wildman–Crippen MR) is 129 cm³/mol. The lowest BCUT2D eigenvalue weighted by molar-refractivity contribution is 0.0946. The van der Waals surface area contributed by atoms with Gasteiger partial charge < -0.3 is 5.32 Å². The molecule has 0 aliphatic carbocycles. The van der Waals surface area contributed by atoms with Crippen LogP contribution in [0.25, 0.3) is 28.2 Å². The van der Waals surface area contributed by atoms with Gasteiger partial charge in [0.2, 0.25) is 0 Å². The number of rotatable bonds is 6. The molecule has 0 bridgehead atoms. The maximum absolute atomic E-state index is 12.8. The van der Waals surface area contributed by atoms with Gasteiger partial charge in [0.05, 0.1) is 17.1 Å². The van der Waals surface area contributed by atoms with Gasteiger partial charge in [0.15, 0.2) is 0 Å². The van der Waals surface area contributed by atoms with E-state index in [0.29, 0.717) is 23.0 Å². The van der Waals surface area contributed by atoms with Crippen molar-refractivity contribution in [3.63, 3.8) is 0 Å². The molecule has 162 valence electrons. The van der Waals surface area contributed by atoms with E-state index < -0.39 is 0 Å². The minimum absolute atomic E-state index is 0.241. The van der Waals surface area contributed by atoms with Crippen LogP contribution in [0.5, 0.6) is 0 Å². The fourth-order valence-corrected chi connectivity index (χ4v) is 3.69. The molecule has 3 aromatic carbocycles. The van der Waals surface area contributed by atoms with Gasteiger partial charge in [0, 0.05) is 34.5 Å². The highest BCUT2D eigenvalue weighted by molar-refractivity contribution is 6.30. The Morgan fingerprint density at radius 3 is 2.33 bits per heavy atom. The first kappa shape index (κ1) is 20.7. The summed E-state index contributed by atoms with van der Waals surface area (Å²) in [5.74, 6) is -0.241. The monoisotopic (exact) mass is 453 g/mol. The van der Waals surface area contributed by atoms with E-state index >= 15 is 0 Å². The third kappa shape index (κ3) is 4.56. The molecule has 0 fully saturated rings. The molecule has 0 saturated heterocycles. The number of amides is 1. The Bertz CT molecular complexity index is 1380. The summed E-state index contributed by atoms with van der Waals surface area (Å²) in [6.07, 6.45) is 1.95. The minimum Gasteiger partial charge on any atom is -0.347 e. The van der Waals surface area contributed by atoms with Crippen LogP contribution in [0.1, 0.15) is 16.1 Å². The van der Waals surface area contributed by atoms with Gasteiger partial charge in [0.25, 0.3) is 5.91 Å². The highest BCUT2D eigenvalue weighted by Crippen LogP contribution is 2.24. The zero-order valence-electron chi connectivity index (χ0n) is 17.6. The largest absolute Gasteiger partial charge is 0.347 e. The Labute approximate surface area is 195 Å². The number of benzene rings is 3. The average molecular weight is 454 g/mol. The number of carbonyl (C=O) groups excluding carboxylic acids is 1. The Morgan fingerprint density at radius 1 is 0.909 bits per heavy atom. The van der Waals surface area contributed by atoms with Crippen molar-refractivity contribution in [1.29, 1.82) is 0 Å². The first-order chi connectivity index (χ1) is 16.2. The van der Waals surface area contributed by atoms with Crippen molar-refractivity contribution in [2.75, 3.05) is 0 Å². The van der Waals surface area contributed by atoms with Crippen LogP contribution >= 0.6 is 11.6 Å². The van der Waals surface area contributed by atoms with E-state index in [1.54, 1.807) is 18.2 Å². The molecule has 7 heteroatoms. The van der Waals surface area contributed by atoms with Crippen LogP contribution in [0, 0.1) is 0 Å². The molecule has 1 amide bonds. The number of nitrogens with one attached hydrogen (secondary N) is 2. The van der Waals surface area contributed by atoms with E-state index in [2.05, 4.69) is 15.5 Å². The third-order valence-corrected chi connectivity index (χ3v) is 5.51. The van der Waals surface area contributed by atoms with Gasteiger partial charge in [-0.3, -0.25) is 9.89 Å². The van der Waals surface area contributed by atoms with E-state index in [1.807, 2.05) is 83.7 Å². The summed E-state index contributed by atoms with van der Waals surface area (Å²) in [5.41, 5.74) is 5.62. The lowest BCUT2D eigenvalue weighted by Gasteiger charge is -2.04. The highest BCUT2D eigenvalue weighted by Gasteiger charge is 2.15. The molecule has 0 unspecified atom stereocenters. The lowest BCUT2D eigenvalue weighted by Crippen LogP contribution is -2.23. The molecule has 33 heavy (non-hydrogen) atoms. The molecule has 0 radical (unpaired) electrons. The SMILES string of the molecule is O=C(NCc1cn(-c2ccccc2)nc1-c1ccccc1)c1cc(-c2ccc(Cl)cc2)n[nH]1. The average Bonchev–Trinajstić information content (AvgIpc) is 3.52. The summed E-state index contributed by atoms with van der Waals surface area (Å²) in [7, 11) is 0. The standard InChI is InChI=1S/C26H20ClN5O/c27-21-13-11-18(12-14-21)23-15-24(30-29-23)26(33)28-16-20-17-32(22-9-5-2-6-10-22)31-25(20)19-7-3-1-4-8-19/h1-15,17H,16H2,(H,28,33)(H,29,30). The Hall–Kier alpha value is -4.16. The van der Waals surface area contributed by atoms with Crippen molar-refractivity contribution >= 4 is 17.5 Å². The third-order valence-electron chi connectivity index (χ3n) is 5.26. The summed E-state index contributed by atoms with van der Waals surface area (Å²) in [6, 6.07) is 28.9. The van der Waals surface area contributed by atoms with Crippen molar-refractivity contribution in [3.8, 4) is 28.2 Å². The van der Waals surface area contributed by atoms with E-state index in [4.69, 9.17) is 16.7 Å². The molecule has 5 rings (SSSR count). The molecular formula is C26H20ClN5O. The van der Waals surface area contributed by atoms with Crippen molar-refractivity contribution in [2.45, 2.75) is 6.54 Å². The second-order valence-corrected chi connectivity index (χ2v) is 7.94. The van der Waals surface area contributed by atoms with Crippen molar-refractivity contribution in [2.24, 2.45) is 0 Å². The van der Waals surface area contributed by atoms with E-state index in [-0.39, 0.29) is 5.91 Å². The summed E-state index contributed by atoms with van der Waals surface area (Å²) in [4.78, 5) is 12.8. The molecule has 0 saturated carbocycles.